The number of nitrogens with zero attached hydrogens (tertiary/aromatic N) is 4. The highest BCUT2D eigenvalue weighted by molar-refractivity contribution is 5.71. The minimum Gasteiger partial charge on any atom is -0.307 e. The summed E-state index contributed by atoms with van der Waals surface area (Å²) in [6, 6.07) is 15.0. The Morgan fingerprint density at radius 2 is 1.96 bits per heavy atom. The van der Waals surface area contributed by atoms with Crippen LogP contribution in [0.4, 0.5) is 0 Å². The molecule has 0 spiro atoms. The molecule has 0 radical (unpaired) electrons. The van der Waals surface area contributed by atoms with Gasteiger partial charge in [0.2, 0.25) is 0 Å². The van der Waals surface area contributed by atoms with Crippen molar-refractivity contribution in [1.29, 1.82) is 0 Å². The average Bonchev–Trinajstić information content (AvgIpc) is 2.95. The molecular formula is C19H22N4. The molecule has 0 N–H and O–H groups in total. The molecule has 1 aliphatic heterocycles. The molecule has 1 unspecified atom stereocenters. The lowest BCUT2D eigenvalue weighted by atomic mass is 10.0. The number of fused-ring (bicyclic) bond motifs is 1. The third kappa shape index (κ3) is 2.75. The molecule has 0 saturated carbocycles. The zero-order valence-corrected chi connectivity index (χ0v) is 13.5. The highest BCUT2D eigenvalue weighted by atomic mass is 15.2. The molecular weight excluding hydrogens is 284 g/mol. The first-order chi connectivity index (χ1) is 11.3. The van der Waals surface area contributed by atoms with Crippen molar-refractivity contribution in [2.75, 3.05) is 13.6 Å². The summed E-state index contributed by atoms with van der Waals surface area (Å²) in [5, 5.41) is 0. The van der Waals surface area contributed by atoms with E-state index in [0.717, 1.165) is 30.1 Å². The molecule has 118 valence electrons. The SMILES string of the molecule is CN1CCCCC1c1nc2cccnc2n1Cc1ccccc1. The maximum Gasteiger partial charge on any atom is 0.160 e. The van der Waals surface area contributed by atoms with E-state index in [1.807, 2.05) is 12.3 Å². The van der Waals surface area contributed by atoms with Crippen LogP contribution in [0.5, 0.6) is 0 Å². The molecule has 1 aromatic carbocycles. The lowest BCUT2D eigenvalue weighted by Gasteiger charge is -2.32. The highest BCUT2D eigenvalue weighted by Crippen LogP contribution is 2.31. The summed E-state index contributed by atoms with van der Waals surface area (Å²) in [6.07, 6.45) is 5.59. The van der Waals surface area contributed by atoms with Crippen molar-refractivity contribution in [3.8, 4) is 0 Å². The first-order valence-electron chi connectivity index (χ1n) is 8.38. The van der Waals surface area contributed by atoms with Gasteiger partial charge in [0.1, 0.15) is 11.3 Å². The fourth-order valence-corrected chi connectivity index (χ4v) is 3.55. The van der Waals surface area contributed by atoms with Gasteiger partial charge < -0.3 is 4.57 Å². The number of likely N-dealkylation sites (tertiary alicyclic amines) is 1. The standard InChI is InChI=1S/C19H22N4/c1-22-13-6-5-11-17(22)19-21-16-10-7-12-20-18(16)23(19)14-15-8-3-2-4-9-15/h2-4,7-10,12,17H,5-6,11,13-14H2,1H3. The smallest absolute Gasteiger partial charge is 0.160 e. The van der Waals surface area contributed by atoms with Gasteiger partial charge in [-0.05, 0) is 44.1 Å². The van der Waals surface area contributed by atoms with E-state index >= 15 is 0 Å². The van der Waals surface area contributed by atoms with Crippen LogP contribution in [-0.4, -0.2) is 33.0 Å². The van der Waals surface area contributed by atoms with Crippen LogP contribution in [0.25, 0.3) is 11.2 Å². The number of imidazole rings is 1. The van der Waals surface area contributed by atoms with Gasteiger partial charge in [0.15, 0.2) is 5.65 Å². The highest BCUT2D eigenvalue weighted by Gasteiger charge is 2.26. The van der Waals surface area contributed by atoms with Gasteiger partial charge in [-0.1, -0.05) is 36.8 Å². The zero-order chi connectivity index (χ0) is 15.6. The fourth-order valence-electron chi connectivity index (χ4n) is 3.55. The Bertz CT molecular complexity index is 793. The second-order valence-electron chi connectivity index (χ2n) is 6.38. The summed E-state index contributed by atoms with van der Waals surface area (Å²) >= 11 is 0. The molecule has 0 amide bonds. The molecule has 1 atom stereocenters. The van der Waals surface area contributed by atoms with Crippen LogP contribution in [-0.2, 0) is 6.54 Å². The molecule has 2 aromatic heterocycles. The largest absolute Gasteiger partial charge is 0.307 e. The second-order valence-corrected chi connectivity index (χ2v) is 6.38. The molecule has 4 rings (SSSR count). The Hall–Kier alpha value is -2.20. The minimum absolute atomic E-state index is 0.390. The van der Waals surface area contributed by atoms with Gasteiger partial charge in [-0.25, -0.2) is 9.97 Å². The van der Waals surface area contributed by atoms with Crippen LogP contribution < -0.4 is 0 Å². The van der Waals surface area contributed by atoms with E-state index in [9.17, 15) is 0 Å². The van der Waals surface area contributed by atoms with Gasteiger partial charge in [0.25, 0.3) is 0 Å². The summed E-state index contributed by atoms with van der Waals surface area (Å²) in [5.74, 6) is 1.16. The quantitative estimate of drug-likeness (QED) is 0.741. The monoisotopic (exact) mass is 306 g/mol. The second kappa shape index (κ2) is 6.13. The number of pyridine rings is 1. The predicted octanol–water partition coefficient (Wildman–Crippen LogP) is 3.64. The topological polar surface area (TPSA) is 34.0 Å². The van der Waals surface area contributed by atoms with Crippen LogP contribution in [0.1, 0.15) is 36.7 Å². The van der Waals surface area contributed by atoms with Crippen molar-refractivity contribution in [3.63, 3.8) is 0 Å². The Labute approximate surface area is 136 Å². The van der Waals surface area contributed by atoms with Crippen LogP contribution >= 0.6 is 0 Å². The summed E-state index contributed by atoms with van der Waals surface area (Å²) < 4.78 is 2.30. The van der Waals surface area contributed by atoms with Crippen LogP contribution in [0.2, 0.25) is 0 Å². The van der Waals surface area contributed by atoms with Crippen molar-refractivity contribution >= 4 is 11.2 Å². The van der Waals surface area contributed by atoms with Crippen LogP contribution in [0.15, 0.2) is 48.7 Å². The third-order valence-electron chi connectivity index (χ3n) is 4.79. The first kappa shape index (κ1) is 14.4. The molecule has 3 heterocycles. The fraction of sp³-hybridized carbons (Fsp3) is 0.368. The third-order valence-corrected chi connectivity index (χ3v) is 4.79. The molecule has 3 aromatic rings. The number of aromatic nitrogens is 3. The van der Waals surface area contributed by atoms with Gasteiger partial charge in [-0.3, -0.25) is 4.90 Å². The lowest BCUT2D eigenvalue weighted by molar-refractivity contribution is 0.176. The van der Waals surface area contributed by atoms with E-state index in [0.29, 0.717) is 6.04 Å². The van der Waals surface area contributed by atoms with Crippen molar-refractivity contribution in [3.05, 3.63) is 60.0 Å². The van der Waals surface area contributed by atoms with Crippen molar-refractivity contribution in [1.82, 2.24) is 19.4 Å². The first-order valence-corrected chi connectivity index (χ1v) is 8.38. The number of hydrogen-bond donors (Lipinski definition) is 0. The van der Waals surface area contributed by atoms with E-state index in [4.69, 9.17) is 4.98 Å². The molecule has 23 heavy (non-hydrogen) atoms. The van der Waals surface area contributed by atoms with Crippen LogP contribution in [0.3, 0.4) is 0 Å². The zero-order valence-electron chi connectivity index (χ0n) is 13.5. The van der Waals surface area contributed by atoms with Crippen molar-refractivity contribution in [2.24, 2.45) is 0 Å². The van der Waals surface area contributed by atoms with E-state index in [1.54, 1.807) is 0 Å². The van der Waals surface area contributed by atoms with Gasteiger partial charge in [0, 0.05) is 6.20 Å². The predicted molar refractivity (Wildman–Crippen MR) is 92.3 cm³/mol. The Balaban J connectivity index is 1.81. The lowest BCUT2D eigenvalue weighted by Crippen LogP contribution is -2.31. The van der Waals surface area contributed by atoms with E-state index in [1.165, 1.54) is 24.8 Å². The molecule has 1 aliphatic rings. The van der Waals surface area contributed by atoms with Gasteiger partial charge >= 0.3 is 0 Å². The Morgan fingerprint density at radius 3 is 2.78 bits per heavy atom. The van der Waals surface area contributed by atoms with E-state index < -0.39 is 0 Å². The maximum atomic E-state index is 4.94. The molecule has 0 bridgehead atoms. The number of benzene rings is 1. The minimum atomic E-state index is 0.390. The maximum absolute atomic E-state index is 4.94. The summed E-state index contributed by atoms with van der Waals surface area (Å²) in [7, 11) is 2.21. The van der Waals surface area contributed by atoms with Gasteiger partial charge in [-0.15, -0.1) is 0 Å². The number of rotatable bonds is 3. The summed E-state index contributed by atoms with van der Waals surface area (Å²) in [4.78, 5) is 12.0. The summed E-state index contributed by atoms with van der Waals surface area (Å²) in [5.41, 5.74) is 3.28. The van der Waals surface area contributed by atoms with E-state index in [2.05, 4.69) is 57.9 Å². The molecule has 1 fully saturated rings. The number of piperidine rings is 1. The van der Waals surface area contributed by atoms with Gasteiger partial charge in [-0.2, -0.15) is 0 Å². The van der Waals surface area contributed by atoms with Crippen molar-refractivity contribution in [2.45, 2.75) is 31.8 Å². The molecule has 0 aliphatic carbocycles. The van der Waals surface area contributed by atoms with Gasteiger partial charge in [0.05, 0.1) is 12.6 Å². The van der Waals surface area contributed by atoms with E-state index in [-0.39, 0.29) is 0 Å². The normalized spacial score (nSPS) is 19.3. The number of hydrogen-bond acceptors (Lipinski definition) is 3. The van der Waals surface area contributed by atoms with Crippen LogP contribution in [0, 0.1) is 0 Å². The summed E-state index contributed by atoms with van der Waals surface area (Å²) in [6.45, 7) is 1.97. The molecule has 1 saturated heterocycles. The molecule has 4 heteroatoms. The Kier molecular flexibility index (Phi) is 3.83. The van der Waals surface area contributed by atoms with Crippen molar-refractivity contribution < 1.29 is 0 Å². The average molecular weight is 306 g/mol. The molecule has 4 nitrogen and oxygen atoms in total. The Morgan fingerprint density at radius 1 is 1.09 bits per heavy atom.